The summed E-state index contributed by atoms with van der Waals surface area (Å²) in [6, 6.07) is 14.4. The summed E-state index contributed by atoms with van der Waals surface area (Å²) in [7, 11) is -3.67. The quantitative estimate of drug-likeness (QED) is 0.803. The molecule has 0 saturated carbocycles. The molecule has 26 heavy (non-hydrogen) atoms. The molecule has 0 spiro atoms. The molecular weight excluding hydrogens is 357 g/mol. The molecule has 0 atom stereocenters. The van der Waals surface area contributed by atoms with Crippen molar-refractivity contribution in [2.24, 2.45) is 0 Å². The number of hydrogen-bond acceptors (Lipinski definition) is 4. The summed E-state index contributed by atoms with van der Waals surface area (Å²) in [6.45, 7) is -0.458. The molecule has 6 nitrogen and oxygen atoms in total. The number of para-hydroxylation sites is 1. The maximum atomic E-state index is 13.7. The average molecular weight is 375 g/mol. The van der Waals surface area contributed by atoms with Crippen LogP contribution in [0.4, 0.5) is 10.1 Å². The highest BCUT2D eigenvalue weighted by Crippen LogP contribution is 2.14. The highest BCUT2D eigenvalue weighted by atomic mass is 32.2. The van der Waals surface area contributed by atoms with Gasteiger partial charge in [0.1, 0.15) is 11.9 Å². The molecule has 0 aliphatic heterocycles. The van der Waals surface area contributed by atoms with E-state index in [0.29, 0.717) is 11.3 Å². The fourth-order valence-electron chi connectivity index (χ4n) is 2.35. The van der Waals surface area contributed by atoms with Crippen LogP contribution in [0.25, 0.3) is 0 Å². The van der Waals surface area contributed by atoms with Crippen LogP contribution >= 0.6 is 0 Å². The minimum atomic E-state index is -3.67. The summed E-state index contributed by atoms with van der Waals surface area (Å²) >= 11 is 0. The molecule has 1 amide bonds. The minimum Gasteiger partial charge on any atom is -0.324 e. The molecule has 8 heteroatoms. The lowest BCUT2D eigenvalue weighted by molar-refractivity contribution is -0.116. The Morgan fingerprint density at radius 3 is 2.50 bits per heavy atom. The van der Waals surface area contributed by atoms with E-state index in [1.54, 1.807) is 42.5 Å². The van der Waals surface area contributed by atoms with Crippen molar-refractivity contribution >= 4 is 21.6 Å². The molecule has 1 N–H and O–H groups in total. The Balaban J connectivity index is 2.07. The number of carbonyl (C=O) groups is 1. The number of rotatable bonds is 7. The van der Waals surface area contributed by atoms with Crippen LogP contribution < -0.4 is 5.32 Å². The molecule has 0 aromatic heterocycles. The molecule has 0 bridgehead atoms. The average Bonchev–Trinajstić information content (AvgIpc) is 2.59. The summed E-state index contributed by atoms with van der Waals surface area (Å²) in [5.41, 5.74) is 0.956. The SMILES string of the molecule is CS(=O)(=O)N(CCc1ccccc1F)CC(=O)Nc1ccccc1C#N. The molecule has 0 saturated heterocycles. The molecule has 0 fully saturated rings. The fourth-order valence-corrected chi connectivity index (χ4v) is 3.12. The van der Waals surface area contributed by atoms with Gasteiger partial charge in [-0.15, -0.1) is 0 Å². The third-order valence-corrected chi connectivity index (χ3v) is 4.95. The highest BCUT2D eigenvalue weighted by molar-refractivity contribution is 7.88. The Hall–Kier alpha value is -2.76. The number of nitrogens with one attached hydrogen (secondary N) is 1. The molecule has 2 rings (SSSR count). The van der Waals surface area contributed by atoms with Crippen molar-refractivity contribution in [1.82, 2.24) is 4.31 Å². The van der Waals surface area contributed by atoms with E-state index in [4.69, 9.17) is 5.26 Å². The van der Waals surface area contributed by atoms with Crippen molar-refractivity contribution in [3.05, 3.63) is 65.5 Å². The summed E-state index contributed by atoms with van der Waals surface area (Å²) < 4.78 is 38.6. The van der Waals surface area contributed by atoms with Gasteiger partial charge in [0, 0.05) is 6.54 Å². The zero-order valence-electron chi connectivity index (χ0n) is 14.1. The zero-order chi connectivity index (χ0) is 19.2. The Kier molecular flexibility index (Phi) is 6.44. The molecule has 0 aliphatic carbocycles. The Labute approximate surface area is 151 Å². The summed E-state index contributed by atoms with van der Waals surface area (Å²) in [6.07, 6.45) is 1.13. The predicted octanol–water partition coefficient (Wildman–Crippen LogP) is 2.14. The summed E-state index contributed by atoms with van der Waals surface area (Å²) in [5, 5.41) is 11.6. The van der Waals surface area contributed by atoms with Crippen LogP contribution in [0.2, 0.25) is 0 Å². The second-order valence-corrected chi connectivity index (χ2v) is 7.63. The lowest BCUT2D eigenvalue weighted by atomic mass is 10.1. The van der Waals surface area contributed by atoms with Crippen LogP contribution in [0.3, 0.4) is 0 Å². The van der Waals surface area contributed by atoms with E-state index >= 15 is 0 Å². The third-order valence-electron chi connectivity index (χ3n) is 3.70. The number of sulfonamides is 1. The zero-order valence-corrected chi connectivity index (χ0v) is 15.0. The predicted molar refractivity (Wildman–Crippen MR) is 96.3 cm³/mol. The molecule has 0 aliphatic rings. The first-order valence-electron chi connectivity index (χ1n) is 7.79. The first-order chi connectivity index (χ1) is 12.3. The second kappa shape index (κ2) is 8.56. The maximum absolute atomic E-state index is 13.7. The number of halogens is 1. The van der Waals surface area contributed by atoms with Crippen molar-refractivity contribution in [1.29, 1.82) is 5.26 Å². The molecule has 0 heterocycles. The van der Waals surface area contributed by atoms with Crippen LogP contribution in [-0.2, 0) is 21.2 Å². The van der Waals surface area contributed by atoms with Crippen molar-refractivity contribution < 1.29 is 17.6 Å². The number of benzene rings is 2. The van der Waals surface area contributed by atoms with Crippen LogP contribution in [0.1, 0.15) is 11.1 Å². The standard InChI is InChI=1S/C18H18FN3O3S/c1-26(24,25)22(11-10-14-6-2-4-8-16(14)19)13-18(23)21-17-9-5-3-7-15(17)12-20/h2-9H,10-11,13H2,1H3,(H,21,23). The van der Waals surface area contributed by atoms with Crippen LogP contribution in [0.5, 0.6) is 0 Å². The topological polar surface area (TPSA) is 90.3 Å². The molecule has 0 radical (unpaired) electrons. The van der Waals surface area contributed by atoms with Crippen molar-refractivity contribution in [3.8, 4) is 6.07 Å². The van der Waals surface area contributed by atoms with E-state index in [1.165, 1.54) is 6.07 Å². The number of nitriles is 1. The van der Waals surface area contributed by atoms with Crippen LogP contribution in [0, 0.1) is 17.1 Å². The van der Waals surface area contributed by atoms with Gasteiger partial charge in [-0.2, -0.15) is 9.57 Å². The van der Waals surface area contributed by atoms with E-state index < -0.39 is 28.3 Å². The Bertz CT molecular complexity index is 939. The van der Waals surface area contributed by atoms with E-state index in [1.807, 2.05) is 6.07 Å². The normalized spacial score (nSPS) is 11.2. The van der Waals surface area contributed by atoms with Crippen LogP contribution in [0.15, 0.2) is 48.5 Å². The molecule has 0 unspecified atom stereocenters. The summed E-state index contributed by atoms with van der Waals surface area (Å²) in [4.78, 5) is 12.2. The number of carbonyl (C=O) groups excluding carboxylic acids is 1. The number of nitrogens with zero attached hydrogens (tertiary/aromatic N) is 2. The summed E-state index contributed by atoms with van der Waals surface area (Å²) in [5.74, 6) is -1.000. The van der Waals surface area contributed by atoms with Gasteiger partial charge in [-0.1, -0.05) is 30.3 Å². The van der Waals surface area contributed by atoms with E-state index in [-0.39, 0.29) is 18.5 Å². The van der Waals surface area contributed by atoms with Crippen molar-refractivity contribution in [3.63, 3.8) is 0 Å². The van der Waals surface area contributed by atoms with Gasteiger partial charge in [0.15, 0.2) is 0 Å². The highest BCUT2D eigenvalue weighted by Gasteiger charge is 2.21. The molecule has 2 aromatic carbocycles. The van der Waals surface area contributed by atoms with Crippen molar-refractivity contribution in [2.45, 2.75) is 6.42 Å². The van der Waals surface area contributed by atoms with Gasteiger partial charge < -0.3 is 5.32 Å². The third kappa shape index (κ3) is 5.37. The van der Waals surface area contributed by atoms with Gasteiger partial charge in [-0.25, -0.2) is 12.8 Å². The van der Waals surface area contributed by atoms with Gasteiger partial charge in [-0.05, 0) is 30.2 Å². The Morgan fingerprint density at radius 1 is 1.19 bits per heavy atom. The van der Waals surface area contributed by atoms with Gasteiger partial charge in [-0.3, -0.25) is 4.79 Å². The van der Waals surface area contributed by atoms with Gasteiger partial charge in [0.05, 0.1) is 24.1 Å². The van der Waals surface area contributed by atoms with Gasteiger partial charge in [0.25, 0.3) is 0 Å². The van der Waals surface area contributed by atoms with E-state index in [0.717, 1.165) is 10.6 Å². The smallest absolute Gasteiger partial charge is 0.239 e. The molecular formula is C18H18FN3O3S. The van der Waals surface area contributed by atoms with E-state index in [2.05, 4.69) is 5.32 Å². The Morgan fingerprint density at radius 2 is 1.85 bits per heavy atom. The number of hydrogen-bond donors (Lipinski definition) is 1. The first-order valence-corrected chi connectivity index (χ1v) is 9.63. The largest absolute Gasteiger partial charge is 0.324 e. The monoisotopic (exact) mass is 375 g/mol. The minimum absolute atomic E-state index is 0.0346. The number of anilines is 1. The fraction of sp³-hybridized carbons (Fsp3) is 0.222. The van der Waals surface area contributed by atoms with Gasteiger partial charge in [0.2, 0.25) is 15.9 Å². The lowest BCUT2D eigenvalue weighted by Gasteiger charge is -2.19. The van der Waals surface area contributed by atoms with E-state index in [9.17, 15) is 17.6 Å². The second-order valence-electron chi connectivity index (χ2n) is 5.64. The van der Waals surface area contributed by atoms with Crippen LogP contribution in [-0.4, -0.2) is 38.0 Å². The first kappa shape index (κ1) is 19.6. The molecule has 2 aromatic rings. The van der Waals surface area contributed by atoms with Crippen molar-refractivity contribution in [2.75, 3.05) is 24.7 Å². The number of amides is 1. The lowest BCUT2D eigenvalue weighted by Crippen LogP contribution is -2.38. The maximum Gasteiger partial charge on any atom is 0.239 e. The van der Waals surface area contributed by atoms with Gasteiger partial charge >= 0.3 is 0 Å². The molecule has 136 valence electrons.